The summed E-state index contributed by atoms with van der Waals surface area (Å²) < 4.78 is 39.0. The molecule has 1 atom stereocenters. The number of hydrogen-bond donors (Lipinski definition) is 2. The van der Waals surface area contributed by atoms with E-state index in [1.807, 2.05) is 0 Å². The van der Waals surface area contributed by atoms with Gasteiger partial charge in [-0.05, 0) is 49.6 Å². The molecule has 0 saturated carbocycles. The minimum atomic E-state index is -4.35. The first-order valence-corrected chi connectivity index (χ1v) is 14.8. The molecule has 0 aliphatic carbocycles. The maximum absolute atomic E-state index is 13.2. The average Bonchev–Trinajstić information content (AvgIpc) is 3.23. The van der Waals surface area contributed by atoms with E-state index < -0.39 is 41.4 Å². The highest BCUT2D eigenvalue weighted by Gasteiger charge is 2.45. The molecule has 234 valence electrons. The Morgan fingerprint density at radius 1 is 0.909 bits per heavy atom. The first kappa shape index (κ1) is 31.3. The van der Waals surface area contributed by atoms with Crippen LogP contribution in [0, 0.1) is 0 Å². The van der Waals surface area contributed by atoms with Crippen LogP contribution in [0.5, 0.6) is 0 Å². The Morgan fingerprint density at radius 3 is 2.36 bits per heavy atom. The van der Waals surface area contributed by atoms with E-state index in [1.165, 1.54) is 18.2 Å². The highest BCUT2D eigenvalue weighted by Crippen LogP contribution is 2.33. The summed E-state index contributed by atoms with van der Waals surface area (Å²) in [5.41, 5.74) is 0.378. The van der Waals surface area contributed by atoms with E-state index in [9.17, 15) is 37.1 Å². The zero-order valence-corrected chi connectivity index (χ0v) is 24.1. The Labute approximate surface area is 252 Å². The maximum atomic E-state index is 13.2. The molecule has 44 heavy (non-hydrogen) atoms. The van der Waals surface area contributed by atoms with Gasteiger partial charge in [-0.1, -0.05) is 30.7 Å². The molecule has 0 bridgehead atoms. The van der Waals surface area contributed by atoms with E-state index in [2.05, 4.69) is 20.4 Å². The van der Waals surface area contributed by atoms with Gasteiger partial charge in [0, 0.05) is 45.6 Å². The molecule has 13 heteroatoms. The van der Waals surface area contributed by atoms with Crippen LogP contribution in [-0.2, 0) is 27.1 Å². The zero-order chi connectivity index (χ0) is 31.4. The number of nitrogens with zero attached hydrogens (tertiary/aromatic N) is 3. The SMILES string of the molecule is O=C1CCC(N2C(=O)c3cccc(NC(=O)CCCCCN4CCN(Cc5cccc(C(F)(F)F)c5)CC4)c3C2=O)C(=O)N1. The molecule has 1 unspecified atom stereocenters. The second-order valence-electron chi connectivity index (χ2n) is 11.4. The van der Waals surface area contributed by atoms with E-state index in [0.29, 0.717) is 18.5 Å². The molecule has 2 saturated heterocycles. The molecule has 3 aliphatic rings. The van der Waals surface area contributed by atoms with Gasteiger partial charge in [0.2, 0.25) is 17.7 Å². The summed E-state index contributed by atoms with van der Waals surface area (Å²) >= 11 is 0. The number of alkyl halides is 3. The Hall–Kier alpha value is -4.10. The lowest BCUT2D eigenvalue weighted by molar-refractivity contribution is -0.138. The van der Waals surface area contributed by atoms with E-state index in [4.69, 9.17) is 0 Å². The van der Waals surface area contributed by atoms with Crippen molar-refractivity contribution in [3.05, 3.63) is 64.7 Å². The molecule has 5 amide bonds. The third-order valence-corrected chi connectivity index (χ3v) is 8.25. The summed E-state index contributed by atoms with van der Waals surface area (Å²) in [6.07, 6.45) is -1.72. The molecular formula is C31H34F3N5O5. The standard InChI is InChI=1S/C31H34F3N5O5/c32-31(33,34)21-7-4-6-20(18-21)19-38-16-14-37(15-17-38)13-3-1-2-10-25(40)35-23-9-5-8-22-27(23)30(44)39(29(22)43)24-11-12-26(41)36-28(24)42/h4-9,18,24H,1-3,10-17,19H2,(H,35,40)(H,36,41,42). The van der Waals surface area contributed by atoms with Crippen molar-refractivity contribution in [3.8, 4) is 0 Å². The lowest BCUT2D eigenvalue weighted by Gasteiger charge is -2.34. The predicted octanol–water partition coefficient (Wildman–Crippen LogP) is 3.42. The number of piperidine rings is 1. The van der Waals surface area contributed by atoms with Gasteiger partial charge in [-0.3, -0.25) is 39.1 Å². The molecule has 3 aliphatic heterocycles. The number of carbonyl (C=O) groups is 5. The summed E-state index contributed by atoms with van der Waals surface area (Å²) in [7, 11) is 0. The van der Waals surface area contributed by atoms with Gasteiger partial charge in [0.15, 0.2) is 0 Å². The van der Waals surface area contributed by atoms with Crippen LogP contribution in [0.3, 0.4) is 0 Å². The van der Waals surface area contributed by atoms with Crippen molar-refractivity contribution in [2.24, 2.45) is 0 Å². The quantitative estimate of drug-likeness (QED) is 0.311. The summed E-state index contributed by atoms with van der Waals surface area (Å²) in [5.74, 6) is -2.75. The topological polar surface area (TPSA) is 119 Å². The first-order valence-electron chi connectivity index (χ1n) is 14.8. The number of nitrogens with one attached hydrogen (secondary N) is 2. The van der Waals surface area contributed by atoms with E-state index in [-0.39, 0.29) is 42.0 Å². The molecule has 3 heterocycles. The van der Waals surface area contributed by atoms with Crippen molar-refractivity contribution in [2.45, 2.75) is 57.3 Å². The third-order valence-electron chi connectivity index (χ3n) is 8.25. The number of hydrogen-bond acceptors (Lipinski definition) is 7. The van der Waals surface area contributed by atoms with Crippen LogP contribution in [0.2, 0.25) is 0 Å². The van der Waals surface area contributed by atoms with Gasteiger partial charge in [-0.2, -0.15) is 13.2 Å². The van der Waals surface area contributed by atoms with Crippen LogP contribution >= 0.6 is 0 Å². The second kappa shape index (κ2) is 13.3. The van der Waals surface area contributed by atoms with Crippen molar-refractivity contribution in [1.29, 1.82) is 0 Å². The Morgan fingerprint density at radius 2 is 1.64 bits per heavy atom. The number of halogens is 3. The number of fused-ring (bicyclic) bond motifs is 1. The average molecular weight is 614 g/mol. The molecule has 5 rings (SSSR count). The Balaban J connectivity index is 1.03. The van der Waals surface area contributed by atoms with E-state index in [1.54, 1.807) is 18.2 Å². The fourth-order valence-electron chi connectivity index (χ4n) is 5.90. The minimum absolute atomic E-state index is 0.0207. The van der Waals surface area contributed by atoms with E-state index >= 15 is 0 Å². The molecule has 2 fully saturated rings. The van der Waals surface area contributed by atoms with Crippen LogP contribution in [-0.4, -0.2) is 83.0 Å². The highest BCUT2D eigenvalue weighted by atomic mass is 19.4. The summed E-state index contributed by atoms with van der Waals surface area (Å²) in [5, 5.41) is 4.90. The lowest BCUT2D eigenvalue weighted by Crippen LogP contribution is -2.54. The number of carbonyl (C=O) groups excluding carboxylic acids is 5. The molecule has 2 N–H and O–H groups in total. The number of unbranched alkanes of at least 4 members (excludes halogenated alkanes) is 2. The number of benzene rings is 2. The summed E-state index contributed by atoms with van der Waals surface area (Å²) in [6, 6.07) is 8.96. The van der Waals surface area contributed by atoms with Gasteiger partial charge in [0.05, 0.1) is 22.4 Å². The fraction of sp³-hybridized carbons (Fsp3) is 0.452. The van der Waals surface area contributed by atoms with Crippen molar-refractivity contribution < 1.29 is 37.1 Å². The van der Waals surface area contributed by atoms with Crippen LogP contribution in [0.1, 0.15) is 70.4 Å². The fourth-order valence-corrected chi connectivity index (χ4v) is 5.90. The number of amides is 5. The van der Waals surface area contributed by atoms with Gasteiger partial charge < -0.3 is 10.2 Å². The maximum Gasteiger partial charge on any atom is 0.416 e. The van der Waals surface area contributed by atoms with Crippen molar-refractivity contribution in [1.82, 2.24) is 20.0 Å². The number of anilines is 1. The van der Waals surface area contributed by atoms with Gasteiger partial charge in [0.25, 0.3) is 11.8 Å². The summed E-state index contributed by atoms with van der Waals surface area (Å²) in [4.78, 5) is 68.0. The molecule has 0 aromatic heterocycles. The smallest absolute Gasteiger partial charge is 0.325 e. The molecule has 0 spiro atoms. The first-order chi connectivity index (χ1) is 21.0. The van der Waals surface area contributed by atoms with Gasteiger partial charge >= 0.3 is 6.18 Å². The van der Waals surface area contributed by atoms with Gasteiger partial charge in [-0.25, -0.2) is 0 Å². The molecule has 2 aromatic carbocycles. The predicted molar refractivity (Wildman–Crippen MR) is 153 cm³/mol. The molecule has 2 aromatic rings. The number of imide groups is 2. The van der Waals surface area contributed by atoms with Crippen molar-refractivity contribution in [2.75, 3.05) is 38.0 Å². The van der Waals surface area contributed by atoms with Crippen LogP contribution in [0.15, 0.2) is 42.5 Å². The second-order valence-corrected chi connectivity index (χ2v) is 11.4. The van der Waals surface area contributed by atoms with Crippen molar-refractivity contribution in [3.63, 3.8) is 0 Å². The lowest BCUT2D eigenvalue weighted by atomic mass is 10.0. The monoisotopic (exact) mass is 613 g/mol. The Kier molecular flexibility index (Phi) is 9.45. The van der Waals surface area contributed by atoms with Crippen molar-refractivity contribution >= 4 is 35.2 Å². The van der Waals surface area contributed by atoms with Crippen LogP contribution in [0.25, 0.3) is 0 Å². The summed E-state index contributed by atoms with van der Waals surface area (Å²) in [6.45, 7) is 4.51. The largest absolute Gasteiger partial charge is 0.416 e. The van der Waals surface area contributed by atoms with Crippen LogP contribution < -0.4 is 10.6 Å². The minimum Gasteiger partial charge on any atom is -0.325 e. The molecule has 0 radical (unpaired) electrons. The number of rotatable bonds is 10. The highest BCUT2D eigenvalue weighted by molar-refractivity contribution is 6.26. The van der Waals surface area contributed by atoms with E-state index in [0.717, 1.165) is 56.5 Å². The molecule has 10 nitrogen and oxygen atoms in total. The zero-order valence-electron chi connectivity index (χ0n) is 24.1. The Bertz CT molecular complexity index is 1450. The third kappa shape index (κ3) is 7.16. The van der Waals surface area contributed by atoms with Crippen LogP contribution in [0.4, 0.5) is 18.9 Å². The normalized spacial score (nSPS) is 19.7. The molecular weight excluding hydrogens is 579 g/mol. The van der Waals surface area contributed by atoms with Gasteiger partial charge in [-0.15, -0.1) is 0 Å². The van der Waals surface area contributed by atoms with Gasteiger partial charge in [0.1, 0.15) is 6.04 Å². The number of piperazine rings is 1.